The van der Waals surface area contributed by atoms with E-state index in [1.54, 1.807) is 17.4 Å². The minimum atomic E-state index is -0.822. The van der Waals surface area contributed by atoms with E-state index in [2.05, 4.69) is 45.0 Å². The maximum Gasteiger partial charge on any atom is 0.173 e. The summed E-state index contributed by atoms with van der Waals surface area (Å²) >= 11 is 4.86. The summed E-state index contributed by atoms with van der Waals surface area (Å²) in [6.07, 6.45) is 2.76. The van der Waals surface area contributed by atoms with Gasteiger partial charge in [-0.25, -0.2) is 8.78 Å². The van der Waals surface area contributed by atoms with Gasteiger partial charge in [0.25, 0.3) is 0 Å². The first-order valence-electron chi connectivity index (χ1n) is 7.01. The van der Waals surface area contributed by atoms with Crippen LogP contribution in [0.15, 0.2) is 33.4 Å². The van der Waals surface area contributed by atoms with Crippen molar-refractivity contribution >= 4 is 27.3 Å². The first-order chi connectivity index (χ1) is 10.1. The van der Waals surface area contributed by atoms with E-state index in [-0.39, 0.29) is 10.5 Å². The zero-order valence-electron chi connectivity index (χ0n) is 11.8. The third-order valence-electron chi connectivity index (χ3n) is 3.38. The molecule has 21 heavy (non-hydrogen) atoms. The van der Waals surface area contributed by atoms with Crippen molar-refractivity contribution in [3.05, 3.63) is 56.2 Å². The van der Waals surface area contributed by atoms with Crippen LogP contribution in [0, 0.1) is 11.6 Å². The van der Waals surface area contributed by atoms with Gasteiger partial charge in [0.1, 0.15) is 0 Å². The van der Waals surface area contributed by atoms with Crippen LogP contribution in [0.1, 0.15) is 36.9 Å². The molecule has 0 bridgehead atoms. The molecular formula is C16H18BrF2NS. The molecule has 0 fully saturated rings. The number of rotatable bonds is 7. The molecule has 1 aromatic heterocycles. The smallest absolute Gasteiger partial charge is 0.173 e. The van der Waals surface area contributed by atoms with Gasteiger partial charge in [-0.05, 0) is 75.8 Å². The van der Waals surface area contributed by atoms with E-state index in [1.165, 1.54) is 11.6 Å². The first-order valence-corrected chi connectivity index (χ1v) is 8.75. The number of benzene rings is 1. The fourth-order valence-corrected chi connectivity index (χ4v) is 3.54. The lowest BCUT2D eigenvalue weighted by Gasteiger charge is -2.20. The third-order valence-corrected chi connectivity index (χ3v) is 4.92. The molecule has 1 heterocycles. The highest BCUT2D eigenvalue weighted by Gasteiger charge is 2.18. The predicted octanol–water partition coefficient (Wildman–Crippen LogP) is 5.46. The van der Waals surface area contributed by atoms with Crippen LogP contribution in [0.3, 0.4) is 0 Å². The molecule has 5 heteroatoms. The average molecular weight is 374 g/mol. The predicted molar refractivity (Wildman–Crippen MR) is 87.7 cm³/mol. The van der Waals surface area contributed by atoms with Crippen LogP contribution in [0.4, 0.5) is 8.78 Å². The monoisotopic (exact) mass is 373 g/mol. The summed E-state index contributed by atoms with van der Waals surface area (Å²) in [4.78, 5) is 0. The molecule has 2 rings (SSSR count). The summed E-state index contributed by atoms with van der Waals surface area (Å²) in [5, 5.41) is 7.60. The molecule has 0 amide bonds. The molecule has 1 nitrogen and oxygen atoms in total. The minimum absolute atomic E-state index is 0.00863. The molecule has 1 aromatic carbocycles. The molecule has 0 spiro atoms. The number of hydrogen-bond donors (Lipinski definition) is 1. The van der Waals surface area contributed by atoms with Gasteiger partial charge >= 0.3 is 0 Å². The van der Waals surface area contributed by atoms with Crippen molar-refractivity contribution in [1.82, 2.24) is 5.32 Å². The molecule has 1 atom stereocenters. The molecule has 0 saturated heterocycles. The fraction of sp³-hybridized carbons (Fsp3) is 0.375. The van der Waals surface area contributed by atoms with Gasteiger partial charge in [-0.3, -0.25) is 0 Å². The van der Waals surface area contributed by atoms with E-state index in [1.807, 2.05) is 0 Å². The van der Waals surface area contributed by atoms with Crippen molar-refractivity contribution in [2.75, 3.05) is 6.54 Å². The maximum atomic E-state index is 13.7. The molecule has 0 aliphatic rings. The number of halogens is 3. The Morgan fingerprint density at radius 1 is 1.29 bits per heavy atom. The van der Waals surface area contributed by atoms with Crippen molar-refractivity contribution in [2.45, 2.75) is 32.2 Å². The van der Waals surface area contributed by atoms with Gasteiger partial charge in [-0.15, -0.1) is 0 Å². The van der Waals surface area contributed by atoms with Gasteiger partial charge in [-0.2, -0.15) is 11.3 Å². The third kappa shape index (κ3) is 4.34. The van der Waals surface area contributed by atoms with Crippen molar-refractivity contribution in [3.8, 4) is 0 Å². The van der Waals surface area contributed by atoms with Gasteiger partial charge in [0, 0.05) is 6.04 Å². The van der Waals surface area contributed by atoms with Crippen molar-refractivity contribution in [3.63, 3.8) is 0 Å². The van der Waals surface area contributed by atoms with Gasteiger partial charge in [0.15, 0.2) is 11.6 Å². The molecule has 2 aromatic rings. The van der Waals surface area contributed by atoms with E-state index < -0.39 is 11.6 Å². The number of aryl methyl sites for hydroxylation is 1. The Morgan fingerprint density at radius 3 is 2.76 bits per heavy atom. The molecule has 0 aliphatic heterocycles. The Balaban J connectivity index is 2.16. The Kier molecular flexibility index (Phi) is 6.33. The largest absolute Gasteiger partial charge is 0.310 e. The number of nitrogens with one attached hydrogen (secondary N) is 1. The quantitative estimate of drug-likeness (QED) is 0.635. The second kappa shape index (κ2) is 8.01. The Hall–Kier alpha value is -0.780. The Labute approximate surface area is 136 Å². The maximum absolute atomic E-state index is 13.7. The van der Waals surface area contributed by atoms with Gasteiger partial charge in [-0.1, -0.05) is 13.0 Å². The minimum Gasteiger partial charge on any atom is -0.310 e. The number of hydrogen-bond acceptors (Lipinski definition) is 2. The van der Waals surface area contributed by atoms with Gasteiger partial charge < -0.3 is 5.32 Å². The summed E-state index contributed by atoms with van der Waals surface area (Å²) in [6.45, 7) is 2.93. The first kappa shape index (κ1) is 16.6. The van der Waals surface area contributed by atoms with E-state index in [0.717, 1.165) is 31.4 Å². The molecular weight excluding hydrogens is 356 g/mol. The van der Waals surface area contributed by atoms with Crippen molar-refractivity contribution in [2.24, 2.45) is 0 Å². The van der Waals surface area contributed by atoms with E-state index in [9.17, 15) is 8.78 Å². The number of thiophene rings is 1. The van der Waals surface area contributed by atoms with Crippen LogP contribution in [-0.2, 0) is 6.42 Å². The highest BCUT2D eigenvalue weighted by Crippen LogP contribution is 2.30. The lowest BCUT2D eigenvalue weighted by molar-refractivity contribution is 0.476. The van der Waals surface area contributed by atoms with Gasteiger partial charge in [0.2, 0.25) is 0 Å². The lowest BCUT2D eigenvalue weighted by Crippen LogP contribution is -2.23. The molecule has 114 valence electrons. The van der Waals surface area contributed by atoms with E-state index in [4.69, 9.17) is 0 Å². The van der Waals surface area contributed by atoms with Crippen LogP contribution < -0.4 is 5.32 Å². The molecule has 0 radical (unpaired) electrons. The summed E-state index contributed by atoms with van der Waals surface area (Å²) in [5.41, 5.74) is 2.06. The fourth-order valence-electron chi connectivity index (χ4n) is 2.24. The average Bonchev–Trinajstić information content (AvgIpc) is 2.99. The molecule has 1 N–H and O–H groups in total. The molecule has 1 unspecified atom stereocenters. The van der Waals surface area contributed by atoms with Crippen molar-refractivity contribution < 1.29 is 8.78 Å². The zero-order chi connectivity index (χ0) is 15.2. The normalized spacial score (nSPS) is 12.6. The highest BCUT2D eigenvalue weighted by atomic mass is 79.9. The standard InChI is InChI=1S/C16H18BrF2NS/c1-2-8-20-14(6-3-11-7-9-21-10-11)12-4-5-13(18)16(19)15(12)17/h4-5,7,9-10,14,20H,2-3,6,8H2,1H3. The summed E-state index contributed by atoms with van der Waals surface area (Å²) in [6, 6.07) is 4.96. The Morgan fingerprint density at radius 2 is 2.10 bits per heavy atom. The van der Waals surface area contributed by atoms with E-state index >= 15 is 0 Å². The van der Waals surface area contributed by atoms with E-state index in [0.29, 0.717) is 0 Å². The zero-order valence-corrected chi connectivity index (χ0v) is 14.2. The second-order valence-corrected chi connectivity index (χ2v) is 6.51. The van der Waals surface area contributed by atoms with Crippen LogP contribution in [0.5, 0.6) is 0 Å². The van der Waals surface area contributed by atoms with Crippen LogP contribution in [-0.4, -0.2) is 6.54 Å². The summed E-state index contributed by atoms with van der Waals surface area (Å²) in [5.74, 6) is -1.64. The van der Waals surface area contributed by atoms with Crippen LogP contribution in [0.25, 0.3) is 0 Å². The Bertz CT molecular complexity index is 572. The topological polar surface area (TPSA) is 12.0 Å². The SMILES string of the molecule is CCCNC(CCc1ccsc1)c1ccc(F)c(F)c1Br. The van der Waals surface area contributed by atoms with Crippen LogP contribution >= 0.6 is 27.3 Å². The summed E-state index contributed by atoms with van der Waals surface area (Å²) in [7, 11) is 0. The highest BCUT2D eigenvalue weighted by molar-refractivity contribution is 9.10. The van der Waals surface area contributed by atoms with Gasteiger partial charge in [0.05, 0.1) is 4.47 Å². The summed E-state index contributed by atoms with van der Waals surface area (Å²) < 4.78 is 27.2. The van der Waals surface area contributed by atoms with Crippen molar-refractivity contribution in [1.29, 1.82) is 0 Å². The molecule has 0 saturated carbocycles. The second-order valence-electron chi connectivity index (χ2n) is 4.94. The molecule has 0 aliphatic carbocycles. The lowest BCUT2D eigenvalue weighted by atomic mass is 9.99. The van der Waals surface area contributed by atoms with Crippen LogP contribution in [0.2, 0.25) is 0 Å².